The highest BCUT2D eigenvalue weighted by molar-refractivity contribution is 5.74. The molecule has 1 aromatic heterocycles. The van der Waals surface area contributed by atoms with Crippen LogP contribution in [0.15, 0.2) is 36.9 Å². The van der Waals surface area contributed by atoms with Crippen LogP contribution in [-0.4, -0.2) is 39.9 Å². The smallest absolute Gasteiger partial charge is 0.317 e. The Morgan fingerprint density at radius 3 is 3.00 bits per heavy atom. The maximum atomic E-state index is 12.5. The first-order valence-electron chi connectivity index (χ1n) is 8.05. The van der Waals surface area contributed by atoms with Crippen LogP contribution in [0, 0.1) is 0 Å². The molecule has 0 unspecified atom stereocenters. The van der Waals surface area contributed by atoms with E-state index in [0.29, 0.717) is 19.6 Å². The first-order chi connectivity index (χ1) is 11.7. The molecule has 0 saturated carbocycles. The Morgan fingerprint density at radius 2 is 2.25 bits per heavy atom. The summed E-state index contributed by atoms with van der Waals surface area (Å²) in [6, 6.07) is 5.69. The van der Waals surface area contributed by atoms with Crippen molar-refractivity contribution < 1.29 is 14.3 Å². The summed E-state index contributed by atoms with van der Waals surface area (Å²) in [5.41, 5.74) is 1.01. The van der Waals surface area contributed by atoms with Crippen molar-refractivity contribution in [3.8, 4) is 11.5 Å². The van der Waals surface area contributed by atoms with Gasteiger partial charge in [-0.05, 0) is 31.5 Å². The molecule has 1 N–H and O–H groups in total. The number of amides is 2. The molecular formula is C17H22N4O3. The van der Waals surface area contributed by atoms with Gasteiger partial charge in [0.05, 0.1) is 6.33 Å². The Kier molecular flexibility index (Phi) is 4.88. The predicted octanol–water partition coefficient (Wildman–Crippen LogP) is 2.23. The Hall–Kier alpha value is -2.70. The third-order valence-electron chi connectivity index (χ3n) is 3.89. The van der Waals surface area contributed by atoms with E-state index in [1.807, 2.05) is 42.8 Å². The van der Waals surface area contributed by atoms with E-state index in [-0.39, 0.29) is 18.9 Å². The molecule has 1 atom stereocenters. The number of carbonyl (C=O) groups excluding carboxylic acids is 1. The second-order valence-corrected chi connectivity index (χ2v) is 5.81. The normalized spacial score (nSPS) is 13.6. The van der Waals surface area contributed by atoms with E-state index < -0.39 is 0 Å². The molecule has 0 bridgehead atoms. The Balaban J connectivity index is 1.57. The number of benzene rings is 1. The number of hydrogen-bond acceptors (Lipinski definition) is 4. The van der Waals surface area contributed by atoms with Gasteiger partial charge in [-0.15, -0.1) is 0 Å². The van der Waals surface area contributed by atoms with E-state index in [0.717, 1.165) is 17.1 Å². The third kappa shape index (κ3) is 3.79. The predicted molar refractivity (Wildman–Crippen MR) is 88.9 cm³/mol. The van der Waals surface area contributed by atoms with Crippen molar-refractivity contribution in [3.05, 3.63) is 42.5 Å². The molecule has 24 heavy (non-hydrogen) atoms. The minimum atomic E-state index is -0.0808. The van der Waals surface area contributed by atoms with E-state index in [2.05, 4.69) is 10.3 Å². The molecule has 1 aliphatic rings. The fraction of sp³-hybridized carbons (Fsp3) is 0.412. The van der Waals surface area contributed by atoms with E-state index in [1.165, 1.54) is 0 Å². The molecule has 0 radical (unpaired) electrons. The first-order valence-corrected chi connectivity index (χ1v) is 8.05. The summed E-state index contributed by atoms with van der Waals surface area (Å²) in [4.78, 5) is 18.3. The molecule has 0 spiro atoms. The molecule has 7 heteroatoms. The molecule has 1 aromatic carbocycles. The van der Waals surface area contributed by atoms with Crippen molar-refractivity contribution in [1.29, 1.82) is 0 Å². The zero-order chi connectivity index (χ0) is 16.9. The number of aromatic nitrogens is 2. The minimum Gasteiger partial charge on any atom is -0.454 e. The molecule has 3 rings (SSSR count). The topological polar surface area (TPSA) is 68.6 Å². The van der Waals surface area contributed by atoms with Gasteiger partial charge < -0.3 is 24.3 Å². The van der Waals surface area contributed by atoms with Crippen LogP contribution in [0.25, 0.3) is 0 Å². The number of carbonyl (C=O) groups is 1. The zero-order valence-electron chi connectivity index (χ0n) is 13.9. The van der Waals surface area contributed by atoms with Crippen LogP contribution < -0.4 is 14.8 Å². The van der Waals surface area contributed by atoms with Gasteiger partial charge in [0.1, 0.15) is 0 Å². The fourth-order valence-corrected chi connectivity index (χ4v) is 2.65. The number of fused-ring (bicyclic) bond motifs is 1. The van der Waals surface area contributed by atoms with Crippen LogP contribution in [0.2, 0.25) is 0 Å². The highest BCUT2D eigenvalue weighted by Gasteiger charge is 2.17. The van der Waals surface area contributed by atoms with Gasteiger partial charge in [-0.1, -0.05) is 6.07 Å². The van der Waals surface area contributed by atoms with Gasteiger partial charge in [-0.2, -0.15) is 0 Å². The molecule has 2 aromatic rings. The van der Waals surface area contributed by atoms with Crippen LogP contribution in [-0.2, 0) is 13.1 Å². The molecule has 0 aliphatic carbocycles. The van der Waals surface area contributed by atoms with Crippen molar-refractivity contribution in [1.82, 2.24) is 19.8 Å². The standard InChI is InChI=1S/C17H22N4O3/c1-3-21(10-14-4-5-15-16(8-14)24-12-23-15)17(22)19-13(2)9-20-7-6-18-11-20/h4-8,11,13H,3,9-10,12H2,1-2H3,(H,19,22)/t13-/m0/s1. The van der Waals surface area contributed by atoms with Crippen LogP contribution in [0.5, 0.6) is 11.5 Å². The molecule has 0 saturated heterocycles. The van der Waals surface area contributed by atoms with Gasteiger partial charge in [0, 0.05) is 38.1 Å². The SMILES string of the molecule is CCN(Cc1ccc2c(c1)OCO2)C(=O)N[C@@H](C)Cn1ccnc1. The summed E-state index contributed by atoms with van der Waals surface area (Å²) in [7, 11) is 0. The largest absolute Gasteiger partial charge is 0.454 e. The molecule has 128 valence electrons. The summed E-state index contributed by atoms with van der Waals surface area (Å²) in [6.07, 6.45) is 5.35. The van der Waals surface area contributed by atoms with E-state index >= 15 is 0 Å². The minimum absolute atomic E-state index is 0.0116. The number of nitrogens with one attached hydrogen (secondary N) is 1. The molecule has 2 amide bonds. The summed E-state index contributed by atoms with van der Waals surface area (Å²) in [5.74, 6) is 1.48. The summed E-state index contributed by atoms with van der Waals surface area (Å²) in [5, 5.41) is 3.02. The number of hydrogen-bond donors (Lipinski definition) is 1. The lowest BCUT2D eigenvalue weighted by atomic mass is 10.2. The maximum Gasteiger partial charge on any atom is 0.317 e. The van der Waals surface area contributed by atoms with E-state index in [9.17, 15) is 4.79 Å². The van der Waals surface area contributed by atoms with E-state index in [1.54, 1.807) is 17.4 Å². The van der Waals surface area contributed by atoms with Gasteiger partial charge in [0.25, 0.3) is 0 Å². The van der Waals surface area contributed by atoms with Gasteiger partial charge in [0.15, 0.2) is 11.5 Å². The zero-order valence-corrected chi connectivity index (χ0v) is 13.9. The van der Waals surface area contributed by atoms with E-state index in [4.69, 9.17) is 9.47 Å². The molecule has 2 heterocycles. The maximum absolute atomic E-state index is 12.5. The van der Waals surface area contributed by atoms with Crippen molar-refractivity contribution >= 4 is 6.03 Å². The second-order valence-electron chi connectivity index (χ2n) is 5.81. The average molecular weight is 330 g/mol. The average Bonchev–Trinajstić information content (AvgIpc) is 3.23. The summed E-state index contributed by atoms with van der Waals surface area (Å²) >= 11 is 0. The van der Waals surface area contributed by atoms with Crippen LogP contribution in [0.4, 0.5) is 4.79 Å². The number of imidazole rings is 1. The number of rotatable bonds is 6. The molecule has 0 fully saturated rings. The highest BCUT2D eigenvalue weighted by Crippen LogP contribution is 2.32. The lowest BCUT2D eigenvalue weighted by Crippen LogP contribution is -2.44. The lowest BCUT2D eigenvalue weighted by molar-refractivity contribution is 0.173. The van der Waals surface area contributed by atoms with Gasteiger partial charge in [0.2, 0.25) is 6.79 Å². The van der Waals surface area contributed by atoms with Crippen LogP contribution in [0.1, 0.15) is 19.4 Å². The van der Waals surface area contributed by atoms with Crippen molar-refractivity contribution in [2.45, 2.75) is 33.0 Å². The third-order valence-corrected chi connectivity index (χ3v) is 3.89. The van der Waals surface area contributed by atoms with Gasteiger partial charge in [-0.25, -0.2) is 9.78 Å². The summed E-state index contributed by atoms with van der Waals surface area (Å²) in [6.45, 7) is 6.03. The monoisotopic (exact) mass is 330 g/mol. The highest BCUT2D eigenvalue weighted by atomic mass is 16.7. The quantitative estimate of drug-likeness (QED) is 0.882. The van der Waals surface area contributed by atoms with Crippen LogP contribution >= 0.6 is 0 Å². The number of ether oxygens (including phenoxy) is 2. The van der Waals surface area contributed by atoms with Crippen LogP contribution in [0.3, 0.4) is 0 Å². The Bertz CT molecular complexity index is 687. The fourth-order valence-electron chi connectivity index (χ4n) is 2.65. The number of nitrogens with zero attached hydrogens (tertiary/aromatic N) is 3. The number of urea groups is 1. The molecule has 1 aliphatic heterocycles. The lowest BCUT2D eigenvalue weighted by Gasteiger charge is -2.24. The summed E-state index contributed by atoms with van der Waals surface area (Å²) < 4.78 is 12.6. The Labute approximate surface area is 141 Å². The second kappa shape index (κ2) is 7.25. The molecule has 7 nitrogen and oxygen atoms in total. The van der Waals surface area contributed by atoms with Crippen molar-refractivity contribution in [2.24, 2.45) is 0 Å². The van der Waals surface area contributed by atoms with Crippen molar-refractivity contribution in [2.75, 3.05) is 13.3 Å². The van der Waals surface area contributed by atoms with Crippen molar-refractivity contribution in [3.63, 3.8) is 0 Å². The first kappa shape index (κ1) is 16.2. The Morgan fingerprint density at radius 1 is 1.42 bits per heavy atom. The van der Waals surface area contributed by atoms with Gasteiger partial charge in [-0.3, -0.25) is 0 Å². The van der Waals surface area contributed by atoms with Gasteiger partial charge >= 0.3 is 6.03 Å². The molecular weight excluding hydrogens is 308 g/mol.